The number of likely N-dealkylation sites (tertiary alicyclic amines) is 1. The fourth-order valence-electron chi connectivity index (χ4n) is 4.12. The summed E-state index contributed by atoms with van der Waals surface area (Å²) in [5, 5.41) is 3.48. The Morgan fingerprint density at radius 3 is 2.30 bits per heavy atom. The third kappa shape index (κ3) is 3.71. The summed E-state index contributed by atoms with van der Waals surface area (Å²) in [4.78, 5) is 7.46. The Balaban J connectivity index is 1.87. The van der Waals surface area contributed by atoms with E-state index in [2.05, 4.69) is 44.8 Å². The molecule has 2 heterocycles. The Bertz CT molecular complexity index is 675. The maximum atomic E-state index is 13.4. The van der Waals surface area contributed by atoms with Crippen LogP contribution in [0.4, 0.5) is 4.39 Å². The third-order valence-electron chi connectivity index (χ3n) is 6.91. The predicted octanol–water partition coefficient (Wildman–Crippen LogP) is 3.96. The second-order valence-electron chi connectivity index (χ2n) is 9.10. The Morgan fingerprint density at radius 1 is 1.15 bits per heavy atom. The van der Waals surface area contributed by atoms with Crippen molar-refractivity contribution in [1.82, 2.24) is 10.2 Å². The molecule has 1 aromatic rings. The van der Waals surface area contributed by atoms with Gasteiger partial charge in [0, 0.05) is 42.7 Å². The molecule has 2 fully saturated rings. The van der Waals surface area contributed by atoms with Gasteiger partial charge in [0.05, 0.1) is 6.54 Å². The first-order valence-electron chi connectivity index (χ1n) is 10.1. The van der Waals surface area contributed by atoms with Crippen molar-refractivity contribution in [2.24, 2.45) is 10.4 Å². The van der Waals surface area contributed by atoms with E-state index in [1.807, 2.05) is 12.1 Å². The van der Waals surface area contributed by atoms with E-state index in [4.69, 9.17) is 9.73 Å². The molecule has 150 valence electrons. The van der Waals surface area contributed by atoms with Crippen LogP contribution >= 0.6 is 0 Å². The molecule has 1 N–H and O–H groups in total. The Hall–Kier alpha value is -1.62. The highest BCUT2D eigenvalue weighted by Crippen LogP contribution is 2.46. The van der Waals surface area contributed by atoms with Crippen molar-refractivity contribution in [2.45, 2.75) is 58.4 Å². The zero-order chi connectivity index (χ0) is 19.7. The summed E-state index contributed by atoms with van der Waals surface area (Å²) >= 11 is 0. The Kier molecular flexibility index (Phi) is 5.53. The van der Waals surface area contributed by atoms with E-state index in [0.29, 0.717) is 6.54 Å². The van der Waals surface area contributed by atoms with Crippen molar-refractivity contribution >= 4 is 5.96 Å². The van der Waals surface area contributed by atoms with Crippen LogP contribution in [0.1, 0.15) is 53.0 Å². The van der Waals surface area contributed by atoms with Gasteiger partial charge in [-0.3, -0.25) is 4.99 Å². The van der Waals surface area contributed by atoms with Crippen LogP contribution < -0.4 is 5.32 Å². The summed E-state index contributed by atoms with van der Waals surface area (Å²) in [6, 6.07) is 6.95. The van der Waals surface area contributed by atoms with Crippen LogP contribution in [0.2, 0.25) is 0 Å². The molecule has 5 heteroatoms. The number of hydrogen-bond acceptors (Lipinski definition) is 2. The number of halogens is 1. The summed E-state index contributed by atoms with van der Waals surface area (Å²) in [5.41, 5.74) is 1.40. The van der Waals surface area contributed by atoms with Gasteiger partial charge in [-0.25, -0.2) is 4.39 Å². The molecule has 0 spiro atoms. The molecular formula is C22H34FN3O. The lowest BCUT2D eigenvalue weighted by atomic mass is 9.65. The fourth-order valence-corrected chi connectivity index (χ4v) is 4.12. The highest BCUT2D eigenvalue weighted by molar-refractivity contribution is 5.82. The van der Waals surface area contributed by atoms with E-state index in [-0.39, 0.29) is 22.2 Å². The average Bonchev–Trinajstić information content (AvgIpc) is 2.65. The van der Waals surface area contributed by atoms with Crippen molar-refractivity contribution in [2.75, 3.05) is 32.8 Å². The molecular weight excluding hydrogens is 341 g/mol. The summed E-state index contributed by atoms with van der Waals surface area (Å²) in [6.07, 6.45) is 1.83. The average molecular weight is 376 g/mol. The van der Waals surface area contributed by atoms with Crippen LogP contribution in [-0.4, -0.2) is 49.2 Å². The van der Waals surface area contributed by atoms with E-state index < -0.39 is 0 Å². The van der Waals surface area contributed by atoms with Gasteiger partial charge in [-0.05, 0) is 51.3 Å². The van der Waals surface area contributed by atoms with E-state index in [9.17, 15) is 4.39 Å². The molecule has 1 aromatic carbocycles. The quantitative estimate of drug-likeness (QED) is 0.639. The molecule has 27 heavy (non-hydrogen) atoms. The van der Waals surface area contributed by atoms with Gasteiger partial charge in [-0.1, -0.05) is 26.0 Å². The fraction of sp³-hybridized carbons (Fsp3) is 0.682. The van der Waals surface area contributed by atoms with Gasteiger partial charge in [0.2, 0.25) is 0 Å². The number of nitrogens with one attached hydrogen (secondary N) is 1. The van der Waals surface area contributed by atoms with Crippen LogP contribution in [0.25, 0.3) is 0 Å². The van der Waals surface area contributed by atoms with Crippen LogP contribution in [0, 0.1) is 11.2 Å². The van der Waals surface area contributed by atoms with Crippen molar-refractivity contribution in [1.29, 1.82) is 0 Å². The molecule has 0 bridgehead atoms. The van der Waals surface area contributed by atoms with Gasteiger partial charge in [0.25, 0.3) is 0 Å². The van der Waals surface area contributed by atoms with Gasteiger partial charge in [-0.15, -0.1) is 0 Å². The zero-order valence-corrected chi connectivity index (χ0v) is 17.4. The van der Waals surface area contributed by atoms with Crippen molar-refractivity contribution in [3.8, 4) is 0 Å². The second kappa shape index (κ2) is 7.42. The van der Waals surface area contributed by atoms with Gasteiger partial charge in [-0.2, -0.15) is 0 Å². The van der Waals surface area contributed by atoms with Crippen molar-refractivity contribution in [3.05, 3.63) is 35.6 Å². The number of ether oxygens (including phenoxy) is 1. The maximum Gasteiger partial charge on any atom is 0.194 e. The number of hydrogen-bond donors (Lipinski definition) is 1. The van der Waals surface area contributed by atoms with Crippen LogP contribution in [0.3, 0.4) is 0 Å². The second-order valence-corrected chi connectivity index (χ2v) is 9.10. The molecule has 0 aliphatic carbocycles. The van der Waals surface area contributed by atoms with E-state index in [1.54, 1.807) is 12.1 Å². The summed E-state index contributed by atoms with van der Waals surface area (Å²) in [7, 11) is 0. The maximum absolute atomic E-state index is 13.4. The lowest BCUT2D eigenvalue weighted by Gasteiger charge is -2.62. The first-order chi connectivity index (χ1) is 12.7. The van der Waals surface area contributed by atoms with Gasteiger partial charge < -0.3 is 15.0 Å². The number of benzene rings is 1. The molecule has 0 unspecified atom stereocenters. The predicted molar refractivity (Wildman–Crippen MR) is 109 cm³/mol. The van der Waals surface area contributed by atoms with Crippen molar-refractivity contribution in [3.63, 3.8) is 0 Å². The molecule has 4 nitrogen and oxygen atoms in total. The minimum absolute atomic E-state index is 0.0622. The number of nitrogens with zero attached hydrogens (tertiary/aromatic N) is 2. The number of rotatable bonds is 4. The van der Waals surface area contributed by atoms with Crippen LogP contribution in [0.15, 0.2) is 29.3 Å². The molecule has 0 atom stereocenters. The van der Waals surface area contributed by atoms with Gasteiger partial charge in [0.15, 0.2) is 5.96 Å². The lowest BCUT2D eigenvalue weighted by Crippen LogP contribution is -2.72. The summed E-state index contributed by atoms with van der Waals surface area (Å²) < 4.78 is 19.1. The molecule has 3 rings (SSSR count). The smallest absolute Gasteiger partial charge is 0.194 e. The molecule has 2 aliphatic heterocycles. The first kappa shape index (κ1) is 20.1. The summed E-state index contributed by atoms with van der Waals surface area (Å²) in [5.74, 6) is 0.789. The summed E-state index contributed by atoms with van der Waals surface area (Å²) in [6.45, 7) is 15.3. The van der Waals surface area contributed by atoms with Gasteiger partial charge in [0.1, 0.15) is 5.82 Å². The highest BCUT2D eigenvalue weighted by atomic mass is 19.1. The largest absolute Gasteiger partial charge is 0.381 e. The minimum atomic E-state index is -0.192. The molecule has 0 aromatic heterocycles. The van der Waals surface area contributed by atoms with E-state index in [0.717, 1.165) is 50.7 Å². The van der Waals surface area contributed by atoms with Crippen LogP contribution in [-0.2, 0) is 10.2 Å². The zero-order valence-electron chi connectivity index (χ0n) is 17.4. The molecule has 2 aliphatic rings. The van der Waals surface area contributed by atoms with Crippen molar-refractivity contribution < 1.29 is 9.13 Å². The normalized spacial score (nSPS) is 23.6. The molecule has 0 saturated carbocycles. The monoisotopic (exact) mass is 375 g/mol. The SMILES string of the molecule is CCNC(=NCC1(c2ccc(F)cc2)CCOCC1)N1CC(C)(C)C1(C)C. The lowest BCUT2D eigenvalue weighted by molar-refractivity contribution is -0.0669. The third-order valence-corrected chi connectivity index (χ3v) is 6.91. The minimum Gasteiger partial charge on any atom is -0.381 e. The standard InChI is InChI=1S/C22H34FN3O/c1-6-24-19(26-16-20(2,3)21(26,4)5)25-15-22(11-13-27-14-12-22)17-7-9-18(23)10-8-17/h7-10H,6,11-16H2,1-5H3,(H,24,25). The van der Waals surface area contributed by atoms with E-state index in [1.165, 1.54) is 0 Å². The Morgan fingerprint density at radius 2 is 1.78 bits per heavy atom. The highest BCUT2D eigenvalue weighted by Gasteiger charge is 2.53. The molecule has 0 amide bonds. The molecule has 2 saturated heterocycles. The number of aliphatic imine (C=N–C) groups is 1. The molecule has 0 radical (unpaired) electrons. The van der Waals surface area contributed by atoms with E-state index >= 15 is 0 Å². The topological polar surface area (TPSA) is 36.9 Å². The van der Waals surface area contributed by atoms with Gasteiger partial charge >= 0.3 is 0 Å². The number of guanidine groups is 1. The first-order valence-corrected chi connectivity index (χ1v) is 10.1. The Labute approximate surface area is 163 Å². The van der Waals surface area contributed by atoms with Crippen LogP contribution in [0.5, 0.6) is 0 Å².